The second kappa shape index (κ2) is 6.45. The number of carbonyl (C=O) groups excluding carboxylic acids is 1. The van der Waals surface area contributed by atoms with E-state index in [-0.39, 0.29) is 11.7 Å². The molecule has 0 bridgehead atoms. The highest BCUT2D eigenvalue weighted by molar-refractivity contribution is 9.10. The van der Waals surface area contributed by atoms with Gasteiger partial charge < -0.3 is 10.0 Å². The average molecular weight is 331 g/mol. The van der Waals surface area contributed by atoms with Crippen molar-refractivity contribution in [3.63, 3.8) is 0 Å². The number of benzene rings is 1. The standard InChI is InChI=1S/C13H16BrFN2O2/c14-11-2-1-10(12(15)7-11)8-16-3-5-17(6-4-16)13(19)9-18/h1-2,7,18H,3-6,8-9H2. The molecule has 0 radical (unpaired) electrons. The predicted octanol–water partition coefficient (Wildman–Crippen LogP) is 1.22. The van der Waals surface area contributed by atoms with Crippen molar-refractivity contribution < 1.29 is 14.3 Å². The summed E-state index contributed by atoms with van der Waals surface area (Å²) in [6.45, 7) is 2.65. The SMILES string of the molecule is O=C(CO)N1CCN(Cc2ccc(Br)cc2F)CC1. The lowest BCUT2D eigenvalue weighted by atomic mass is 10.2. The molecule has 19 heavy (non-hydrogen) atoms. The van der Waals surface area contributed by atoms with E-state index in [1.165, 1.54) is 6.07 Å². The van der Waals surface area contributed by atoms with Gasteiger partial charge in [-0.1, -0.05) is 22.0 Å². The van der Waals surface area contributed by atoms with Gasteiger partial charge in [0.2, 0.25) is 5.91 Å². The van der Waals surface area contributed by atoms with Crippen LogP contribution in [-0.4, -0.2) is 53.6 Å². The Labute approximate surface area is 119 Å². The van der Waals surface area contributed by atoms with E-state index in [9.17, 15) is 9.18 Å². The van der Waals surface area contributed by atoms with Crippen molar-refractivity contribution >= 4 is 21.8 Å². The lowest BCUT2D eigenvalue weighted by Gasteiger charge is -2.34. The van der Waals surface area contributed by atoms with Gasteiger partial charge in [0.15, 0.2) is 0 Å². The fraction of sp³-hybridized carbons (Fsp3) is 0.462. The summed E-state index contributed by atoms with van der Waals surface area (Å²) in [5.74, 6) is -0.460. The van der Waals surface area contributed by atoms with Gasteiger partial charge in [-0.05, 0) is 12.1 Å². The molecule has 104 valence electrons. The molecule has 0 unspecified atom stereocenters. The quantitative estimate of drug-likeness (QED) is 0.906. The zero-order chi connectivity index (χ0) is 13.8. The van der Waals surface area contributed by atoms with Crippen molar-refractivity contribution in [2.45, 2.75) is 6.54 Å². The normalized spacial score (nSPS) is 16.7. The Hall–Kier alpha value is -0.980. The highest BCUT2D eigenvalue weighted by Gasteiger charge is 2.20. The number of rotatable bonds is 3. The summed E-state index contributed by atoms with van der Waals surface area (Å²) < 4.78 is 14.4. The number of aliphatic hydroxyl groups is 1. The molecule has 1 aromatic rings. The van der Waals surface area contributed by atoms with E-state index in [0.717, 1.165) is 4.47 Å². The van der Waals surface area contributed by atoms with Gasteiger partial charge in [0, 0.05) is 42.8 Å². The fourth-order valence-electron chi connectivity index (χ4n) is 2.15. The summed E-state index contributed by atoms with van der Waals surface area (Å²) in [5.41, 5.74) is 0.658. The lowest BCUT2D eigenvalue weighted by molar-refractivity contribution is -0.136. The van der Waals surface area contributed by atoms with E-state index >= 15 is 0 Å². The van der Waals surface area contributed by atoms with Crippen molar-refractivity contribution in [1.29, 1.82) is 0 Å². The first-order valence-corrected chi connectivity index (χ1v) is 6.94. The minimum Gasteiger partial charge on any atom is -0.387 e. The van der Waals surface area contributed by atoms with Crippen molar-refractivity contribution in [3.05, 3.63) is 34.1 Å². The molecule has 1 amide bonds. The highest BCUT2D eigenvalue weighted by Crippen LogP contribution is 2.17. The van der Waals surface area contributed by atoms with Crippen molar-refractivity contribution in [3.8, 4) is 0 Å². The van der Waals surface area contributed by atoms with E-state index in [0.29, 0.717) is 38.3 Å². The van der Waals surface area contributed by atoms with Crippen LogP contribution in [-0.2, 0) is 11.3 Å². The molecule has 0 aromatic heterocycles. The van der Waals surface area contributed by atoms with Crippen molar-refractivity contribution in [2.75, 3.05) is 32.8 Å². The third-order valence-corrected chi connectivity index (χ3v) is 3.76. The van der Waals surface area contributed by atoms with Crippen LogP contribution < -0.4 is 0 Å². The number of carbonyl (C=O) groups is 1. The van der Waals surface area contributed by atoms with E-state index in [4.69, 9.17) is 5.11 Å². The van der Waals surface area contributed by atoms with Crippen LogP contribution in [0, 0.1) is 5.82 Å². The molecular formula is C13H16BrFN2O2. The monoisotopic (exact) mass is 330 g/mol. The van der Waals surface area contributed by atoms with Crippen LogP contribution in [0.5, 0.6) is 0 Å². The third kappa shape index (κ3) is 3.75. The summed E-state index contributed by atoms with van der Waals surface area (Å²) in [6.07, 6.45) is 0. The summed E-state index contributed by atoms with van der Waals surface area (Å²) >= 11 is 3.23. The van der Waals surface area contributed by atoms with Crippen LogP contribution in [0.2, 0.25) is 0 Å². The topological polar surface area (TPSA) is 43.8 Å². The number of amides is 1. The molecule has 2 rings (SSSR count). The first-order chi connectivity index (χ1) is 9.10. The molecule has 1 aliphatic heterocycles. The minimum atomic E-state index is -0.443. The molecule has 6 heteroatoms. The molecule has 1 fully saturated rings. The van der Waals surface area contributed by atoms with Crippen LogP contribution >= 0.6 is 15.9 Å². The van der Waals surface area contributed by atoms with Gasteiger partial charge in [0.25, 0.3) is 0 Å². The maximum atomic E-state index is 13.7. The van der Waals surface area contributed by atoms with Crippen LogP contribution in [0.3, 0.4) is 0 Å². The Morgan fingerprint density at radius 1 is 1.32 bits per heavy atom. The molecular weight excluding hydrogens is 315 g/mol. The number of piperazine rings is 1. The summed E-state index contributed by atoms with van der Waals surface area (Å²) in [6, 6.07) is 5.05. The molecule has 1 aliphatic rings. The molecule has 0 atom stereocenters. The summed E-state index contributed by atoms with van der Waals surface area (Å²) in [4.78, 5) is 15.1. The van der Waals surface area contributed by atoms with Gasteiger partial charge in [-0.2, -0.15) is 0 Å². The van der Waals surface area contributed by atoms with Crippen LogP contribution in [0.15, 0.2) is 22.7 Å². The number of aliphatic hydroxyl groups excluding tert-OH is 1. The van der Waals surface area contributed by atoms with Gasteiger partial charge in [-0.15, -0.1) is 0 Å². The fourth-order valence-corrected chi connectivity index (χ4v) is 2.48. The van der Waals surface area contributed by atoms with Gasteiger partial charge in [-0.3, -0.25) is 9.69 Å². The number of nitrogens with zero attached hydrogens (tertiary/aromatic N) is 2. The Kier molecular flexibility index (Phi) is 4.90. The lowest BCUT2D eigenvalue weighted by Crippen LogP contribution is -2.49. The van der Waals surface area contributed by atoms with E-state index < -0.39 is 6.61 Å². The van der Waals surface area contributed by atoms with Crippen LogP contribution in [0.25, 0.3) is 0 Å². The molecule has 1 saturated heterocycles. The van der Waals surface area contributed by atoms with Crippen molar-refractivity contribution in [1.82, 2.24) is 9.80 Å². The van der Waals surface area contributed by atoms with E-state index in [1.54, 1.807) is 11.0 Å². The maximum absolute atomic E-state index is 13.7. The number of halogens is 2. The Morgan fingerprint density at radius 2 is 2.00 bits per heavy atom. The Balaban J connectivity index is 1.90. The van der Waals surface area contributed by atoms with Gasteiger partial charge in [-0.25, -0.2) is 4.39 Å². The Bertz CT molecular complexity index is 462. The predicted molar refractivity (Wildman–Crippen MR) is 73.0 cm³/mol. The van der Waals surface area contributed by atoms with Gasteiger partial charge >= 0.3 is 0 Å². The highest BCUT2D eigenvalue weighted by atomic mass is 79.9. The van der Waals surface area contributed by atoms with E-state index in [2.05, 4.69) is 20.8 Å². The zero-order valence-corrected chi connectivity index (χ0v) is 12.1. The third-order valence-electron chi connectivity index (χ3n) is 3.27. The minimum absolute atomic E-state index is 0.219. The molecule has 1 heterocycles. The molecule has 0 saturated carbocycles. The maximum Gasteiger partial charge on any atom is 0.248 e. The van der Waals surface area contributed by atoms with Crippen molar-refractivity contribution in [2.24, 2.45) is 0 Å². The largest absolute Gasteiger partial charge is 0.387 e. The zero-order valence-electron chi connectivity index (χ0n) is 10.5. The molecule has 0 aliphatic carbocycles. The van der Waals surface area contributed by atoms with Gasteiger partial charge in [0.05, 0.1) is 0 Å². The Morgan fingerprint density at radius 3 is 2.58 bits per heavy atom. The average Bonchev–Trinajstić information content (AvgIpc) is 2.42. The molecule has 4 nitrogen and oxygen atoms in total. The second-order valence-corrected chi connectivity index (χ2v) is 5.47. The van der Waals surface area contributed by atoms with E-state index in [1.807, 2.05) is 6.07 Å². The number of hydrogen-bond acceptors (Lipinski definition) is 3. The number of hydrogen-bond donors (Lipinski definition) is 1. The van der Waals surface area contributed by atoms with Crippen LogP contribution in [0.1, 0.15) is 5.56 Å². The summed E-state index contributed by atoms with van der Waals surface area (Å²) in [7, 11) is 0. The first kappa shape index (κ1) is 14.4. The smallest absolute Gasteiger partial charge is 0.248 e. The summed E-state index contributed by atoms with van der Waals surface area (Å²) in [5, 5.41) is 8.79. The molecule has 0 spiro atoms. The van der Waals surface area contributed by atoms with Gasteiger partial charge in [0.1, 0.15) is 12.4 Å². The second-order valence-electron chi connectivity index (χ2n) is 4.55. The molecule has 1 N–H and O–H groups in total. The first-order valence-electron chi connectivity index (χ1n) is 6.15. The van der Waals surface area contributed by atoms with Crippen LogP contribution in [0.4, 0.5) is 4.39 Å². The molecule has 1 aromatic carbocycles.